The van der Waals surface area contributed by atoms with Crippen molar-refractivity contribution in [3.8, 4) is 11.5 Å². The van der Waals surface area contributed by atoms with E-state index in [9.17, 15) is 54.9 Å². The van der Waals surface area contributed by atoms with Crippen LogP contribution in [0.5, 0.6) is 11.5 Å². The lowest BCUT2D eigenvalue weighted by Crippen LogP contribution is -2.35. The Kier molecular flexibility index (Phi) is 18.3. The van der Waals surface area contributed by atoms with Crippen LogP contribution in [0.1, 0.15) is 58.9 Å². The van der Waals surface area contributed by atoms with Crippen LogP contribution in [0.15, 0.2) is 59.5 Å². The number of hydrogen-bond acceptors (Lipinski definition) is 12. The van der Waals surface area contributed by atoms with Crippen LogP contribution in [0.25, 0.3) is 0 Å². The van der Waals surface area contributed by atoms with Gasteiger partial charge in [-0.05, 0) is 74.4 Å². The van der Waals surface area contributed by atoms with E-state index in [1.807, 2.05) is 0 Å². The van der Waals surface area contributed by atoms with Crippen LogP contribution in [0, 0.1) is 5.92 Å². The van der Waals surface area contributed by atoms with Crippen LogP contribution in [0.4, 0.5) is 13.2 Å². The molecule has 1 saturated carbocycles. The lowest BCUT2D eigenvalue weighted by atomic mass is 9.82. The van der Waals surface area contributed by atoms with Gasteiger partial charge >= 0.3 is 24.1 Å². The molecule has 0 bridgehead atoms. The Morgan fingerprint density at radius 3 is 1.97 bits per heavy atom. The third-order valence-electron chi connectivity index (χ3n) is 7.84. The first kappa shape index (κ1) is 50.8. The summed E-state index contributed by atoms with van der Waals surface area (Å²) in [6.45, 7) is 2.35. The smallest absolute Gasteiger partial charge is 0.416 e. The second kappa shape index (κ2) is 21.2. The summed E-state index contributed by atoms with van der Waals surface area (Å²) in [6, 6.07) is 8.94. The van der Waals surface area contributed by atoms with Crippen molar-refractivity contribution in [2.24, 2.45) is 11.7 Å². The molecule has 2 unspecified atom stereocenters. The fraction of sp³-hybridized carbons (Fsp3) is 0.333. The van der Waals surface area contributed by atoms with Gasteiger partial charge in [0.1, 0.15) is 23.5 Å². The van der Waals surface area contributed by atoms with Crippen LogP contribution in [0.2, 0.25) is 15.1 Å². The van der Waals surface area contributed by atoms with E-state index in [0.717, 1.165) is 37.4 Å². The molecule has 15 nitrogen and oxygen atoms in total. The van der Waals surface area contributed by atoms with Gasteiger partial charge in [0.15, 0.2) is 40.7 Å². The van der Waals surface area contributed by atoms with Crippen LogP contribution in [0.3, 0.4) is 0 Å². The van der Waals surface area contributed by atoms with Crippen molar-refractivity contribution in [3.05, 3.63) is 86.4 Å². The first-order chi connectivity index (χ1) is 27.0. The maximum Gasteiger partial charge on any atom is 0.416 e. The number of alkyl halides is 3. The summed E-state index contributed by atoms with van der Waals surface area (Å²) in [7, 11) is -6.55. The standard InChI is InChI=1S/C17H11Cl2F3O5.C14H13ClO5S.C5H12NO4P/c1-8(15(23)24)26-16(25)11-7-10(3-4-12(11)18)27-14-5-2-9(6-13(14)19)17(20,21)22;1-21(19,20)8-5-6-9(10(15)7-8)14(18)13-11(16)3-2-4-12(13)17;1-11(9,10)3-2-4(6)5(7)8/h2-8H,1H3,(H,23,24);5-7,13H,2-4H2,1H3;4H,2-3,6H2,1H3,(H,7,8)(H,9,10)/t8-;;/m0../s1. The number of hydrogen-bond donors (Lipinski definition) is 4. The number of carbonyl (C=O) groups excluding carboxylic acids is 4. The summed E-state index contributed by atoms with van der Waals surface area (Å²) < 4.78 is 81.6. The number of Topliss-reactive ketones (excluding diaryl/α,β-unsaturated/α-hetero) is 3. The molecule has 3 aromatic rings. The molecule has 1 fully saturated rings. The largest absolute Gasteiger partial charge is 0.480 e. The highest BCUT2D eigenvalue weighted by Crippen LogP contribution is 2.38. The van der Waals surface area contributed by atoms with Gasteiger partial charge < -0.3 is 30.3 Å². The van der Waals surface area contributed by atoms with E-state index < -0.39 is 82.3 Å². The molecule has 1 aliphatic rings. The monoisotopic (exact) mass is 931 g/mol. The average molecular weight is 933 g/mol. The average Bonchev–Trinajstić information content (AvgIpc) is 3.11. The Morgan fingerprint density at radius 2 is 1.49 bits per heavy atom. The summed E-state index contributed by atoms with van der Waals surface area (Å²) >= 11 is 17.7. The second-order valence-corrected chi connectivity index (χ2v) is 18.6. The Morgan fingerprint density at radius 1 is 0.898 bits per heavy atom. The molecule has 0 aromatic heterocycles. The maximum atomic E-state index is 12.7. The van der Waals surface area contributed by atoms with Crippen LogP contribution in [-0.4, -0.2) is 90.0 Å². The minimum Gasteiger partial charge on any atom is -0.480 e. The van der Waals surface area contributed by atoms with Gasteiger partial charge in [-0.2, -0.15) is 13.2 Å². The molecular formula is C36H36Cl3F3NO14PS. The first-order valence-electron chi connectivity index (χ1n) is 16.7. The number of aliphatic carboxylic acids is 2. The van der Waals surface area contributed by atoms with E-state index in [1.54, 1.807) is 0 Å². The van der Waals surface area contributed by atoms with E-state index in [1.165, 1.54) is 30.9 Å². The molecule has 23 heteroatoms. The molecule has 3 atom stereocenters. The number of ketones is 3. The normalized spacial score (nSPS) is 15.2. The van der Waals surface area contributed by atoms with Crippen molar-refractivity contribution in [3.63, 3.8) is 0 Å². The number of sulfone groups is 1. The Labute approximate surface area is 349 Å². The molecule has 0 amide bonds. The van der Waals surface area contributed by atoms with Gasteiger partial charge in [-0.3, -0.25) is 23.7 Å². The molecular weight excluding hydrogens is 897 g/mol. The minimum atomic E-state index is -4.56. The lowest BCUT2D eigenvalue weighted by Gasteiger charge is -2.18. The summed E-state index contributed by atoms with van der Waals surface area (Å²) in [6.07, 6.45) is -4.08. The van der Waals surface area contributed by atoms with Gasteiger partial charge in [0.2, 0.25) is 0 Å². The van der Waals surface area contributed by atoms with Crippen molar-refractivity contribution >= 4 is 87.3 Å². The highest BCUT2D eigenvalue weighted by molar-refractivity contribution is 7.90. The Balaban J connectivity index is 0.000000332. The van der Waals surface area contributed by atoms with Gasteiger partial charge in [-0.15, -0.1) is 0 Å². The fourth-order valence-corrected chi connectivity index (χ4v) is 6.82. The molecule has 4 rings (SSSR count). The molecule has 0 aliphatic heterocycles. The number of carboxylic acid groups (broad SMARTS) is 2. The number of benzene rings is 3. The molecule has 0 radical (unpaired) electrons. The molecule has 59 heavy (non-hydrogen) atoms. The van der Waals surface area contributed by atoms with Gasteiger partial charge in [0.25, 0.3) is 0 Å². The van der Waals surface area contributed by atoms with Crippen LogP contribution < -0.4 is 10.5 Å². The summed E-state index contributed by atoms with van der Waals surface area (Å²) in [5, 5.41) is 16.7. The molecule has 5 N–H and O–H groups in total. The second-order valence-electron chi connectivity index (χ2n) is 12.8. The van der Waals surface area contributed by atoms with Crippen molar-refractivity contribution in [2.45, 2.75) is 55.8 Å². The number of esters is 1. The molecule has 3 aromatic carbocycles. The van der Waals surface area contributed by atoms with Crippen molar-refractivity contribution in [1.29, 1.82) is 0 Å². The number of carboxylic acids is 2. The third kappa shape index (κ3) is 16.0. The topological polar surface area (TPSA) is 259 Å². The third-order valence-corrected chi connectivity index (χ3v) is 11.0. The van der Waals surface area contributed by atoms with Crippen molar-refractivity contribution < 1.29 is 79.5 Å². The van der Waals surface area contributed by atoms with E-state index in [4.69, 9.17) is 65.1 Å². The zero-order valence-electron chi connectivity index (χ0n) is 31.0. The minimum absolute atomic E-state index is 0.00216. The highest BCUT2D eigenvalue weighted by Gasteiger charge is 2.37. The quantitative estimate of drug-likeness (QED) is 0.0618. The number of nitrogens with two attached hydrogens (primary N) is 1. The summed E-state index contributed by atoms with van der Waals surface area (Å²) in [5.41, 5.74) is 3.97. The van der Waals surface area contributed by atoms with E-state index >= 15 is 0 Å². The first-order valence-corrected chi connectivity index (χ1v) is 22.0. The predicted octanol–water partition coefficient (Wildman–Crippen LogP) is 6.99. The van der Waals surface area contributed by atoms with Gasteiger partial charge in [0.05, 0.1) is 31.1 Å². The molecule has 1 aliphatic carbocycles. The SMILES string of the molecule is CP(=O)(O)CCC(N)C(=O)O.CS(=O)(=O)c1ccc(C(=O)C2C(=O)CCCC2=O)c(Cl)c1.C[C@H](OC(=O)c1cc(Oc2ccc(C(F)(F)F)cc2Cl)ccc1Cl)C(=O)O. The Hall–Kier alpha value is -4.36. The maximum absolute atomic E-state index is 12.7. The summed E-state index contributed by atoms with van der Waals surface area (Å²) in [5.74, 6) is -6.30. The zero-order chi connectivity index (χ0) is 45.2. The Bertz CT molecular complexity index is 2250. The van der Waals surface area contributed by atoms with Crippen LogP contribution >= 0.6 is 42.2 Å². The van der Waals surface area contributed by atoms with Crippen LogP contribution in [-0.2, 0) is 44.5 Å². The van der Waals surface area contributed by atoms with E-state index in [0.29, 0.717) is 12.5 Å². The molecule has 0 saturated heterocycles. The van der Waals surface area contributed by atoms with Gasteiger partial charge in [0, 0.05) is 37.5 Å². The number of rotatable bonds is 12. The highest BCUT2D eigenvalue weighted by atomic mass is 35.5. The molecule has 0 heterocycles. The lowest BCUT2D eigenvalue weighted by molar-refractivity contribution is -0.146. The predicted molar refractivity (Wildman–Crippen MR) is 208 cm³/mol. The van der Waals surface area contributed by atoms with Crippen molar-refractivity contribution in [1.82, 2.24) is 0 Å². The van der Waals surface area contributed by atoms with Crippen molar-refractivity contribution in [2.75, 3.05) is 19.1 Å². The van der Waals surface area contributed by atoms with E-state index in [2.05, 4.69) is 0 Å². The zero-order valence-corrected chi connectivity index (χ0v) is 35.0. The van der Waals surface area contributed by atoms with Gasteiger partial charge in [-0.1, -0.05) is 34.8 Å². The summed E-state index contributed by atoms with van der Waals surface area (Å²) in [4.78, 5) is 77.5. The van der Waals surface area contributed by atoms with E-state index in [-0.39, 0.29) is 68.0 Å². The number of halogens is 6. The number of ether oxygens (including phenoxy) is 2. The number of carbonyl (C=O) groups is 6. The molecule has 322 valence electrons. The molecule has 0 spiro atoms. The van der Waals surface area contributed by atoms with Gasteiger partial charge in [-0.25, -0.2) is 18.0 Å². The fourth-order valence-electron chi connectivity index (χ4n) is 4.67.